The second-order valence-electron chi connectivity index (χ2n) is 10.9. The van der Waals surface area contributed by atoms with Gasteiger partial charge in [-0.05, 0) is 53.4 Å². The van der Waals surface area contributed by atoms with Gasteiger partial charge in [-0.15, -0.1) is 0 Å². The van der Waals surface area contributed by atoms with Crippen molar-refractivity contribution in [2.24, 2.45) is 0 Å². The Hall–Kier alpha value is -4.81. The number of hydrogen-bond donors (Lipinski definition) is 3. The molecule has 0 fully saturated rings. The van der Waals surface area contributed by atoms with Crippen molar-refractivity contribution in [3.8, 4) is 0 Å². The lowest BCUT2D eigenvalue weighted by molar-refractivity contribution is -0.142. The van der Waals surface area contributed by atoms with Gasteiger partial charge in [0.2, 0.25) is 23.6 Å². The van der Waals surface area contributed by atoms with Crippen molar-refractivity contribution in [3.05, 3.63) is 106 Å². The molecule has 0 radical (unpaired) electrons. The standard InChI is InChI=1S/C32H31F5N4O4/c1-18-29(43)40-26(13-20-11-24(33)16-25(34)12-20)31(45)41(2)27(14-19-7-9-23(10-8-19)32(35,36)37)30(44)38-17-22-6-4-3-5-21(22)15-28(42)39-18/h3-12,16,18,26-27H,13-15,17H2,1-2H3,(H,38,44)(H,39,42)(H,40,43)/t18-,26+,27-/m1/s1. The summed E-state index contributed by atoms with van der Waals surface area (Å²) in [6.45, 7) is 1.37. The normalized spacial score (nSPS) is 20.3. The zero-order valence-electron chi connectivity index (χ0n) is 24.4. The summed E-state index contributed by atoms with van der Waals surface area (Å²) >= 11 is 0. The highest BCUT2D eigenvalue weighted by atomic mass is 19.4. The minimum absolute atomic E-state index is 0.0352. The average Bonchev–Trinajstić information content (AvgIpc) is 2.97. The smallest absolute Gasteiger partial charge is 0.350 e. The van der Waals surface area contributed by atoms with Crippen LogP contribution in [0.3, 0.4) is 0 Å². The van der Waals surface area contributed by atoms with Crippen molar-refractivity contribution in [2.45, 2.75) is 57.0 Å². The maximum absolute atomic E-state index is 14.0. The highest BCUT2D eigenvalue weighted by Crippen LogP contribution is 2.29. The van der Waals surface area contributed by atoms with Crippen molar-refractivity contribution in [1.29, 1.82) is 0 Å². The first-order valence-corrected chi connectivity index (χ1v) is 14.0. The Bertz CT molecular complexity index is 1560. The third-order valence-corrected chi connectivity index (χ3v) is 7.50. The maximum Gasteiger partial charge on any atom is 0.416 e. The zero-order chi connectivity index (χ0) is 32.9. The molecule has 4 amide bonds. The zero-order valence-corrected chi connectivity index (χ0v) is 24.4. The largest absolute Gasteiger partial charge is 0.416 e. The van der Waals surface area contributed by atoms with Gasteiger partial charge >= 0.3 is 6.18 Å². The predicted octanol–water partition coefficient (Wildman–Crippen LogP) is 3.46. The Morgan fingerprint density at radius 3 is 2.04 bits per heavy atom. The van der Waals surface area contributed by atoms with Gasteiger partial charge in [-0.2, -0.15) is 13.2 Å². The molecule has 45 heavy (non-hydrogen) atoms. The number of hydrogen-bond acceptors (Lipinski definition) is 4. The maximum atomic E-state index is 14.0. The van der Waals surface area contributed by atoms with Crippen molar-refractivity contribution in [3.63, 3.8) is 0 Å². The number of alkyl halides is 3. The Labute approximate surface area is 256 Å². The van der Waals surface area contributed by atoms with Crippen LogP contribution in [0.1, 0.15) is 34.7 Å². The van der Waals surface area contributed by atoms with E-state index < -0.39 is 65.1 Å². The molecule has 8 nitrogen and oxygen atoms in total. The van der Waals surface area contributed by atoms with E-state index in [0.29, 0.717) is 22.8 Å². The van der Waals surface area contributed by atoms with Crippen LogP contribution in [0.15, 0.2) is 66.7 Å². The van der Waals surface area contributed by atoms with E-state index in [0.717, 1.165) is 29.2 Å². The molecule has 1 heterocycles. The molecular weight excluding hydrogens is 599 g/mol. The molecule has 3 aromatic carbocycles. The first-order chi connectivity index (χ1) is 21.2. The molecule has 0 saturated heterocycles. The second-order valence-corrected chi connectivity index (χ2v) is 10.9. The van der Waals surface area contributed by atoms with Crippen LogP contribution in [-0.2, 0) is 51.2 Å². The molecule has 4 rings (SSSR count). The number of carbonyl (C=O) groups excluding carboxylic acids is 4. The van der Waals surface area contributed by atoms with Gasteiger partial charge in [0.1, 0.15) is 29.8 Å². The van der Waals surface area contributed by atoms with E-state index in [1.54, 1.807) is 24.3 Å². The first kappa shape index (κ1) is 33.1. The van der Waals surface area contributed by atoms with E-state index >= 15 is 0 Å². The van der Waals surface area contributed by atoms with E-state index in [9.17, 15) is 41.1 Å². The number of amides is 4. The fraction of sp³-hybridized carbons (Fsp3) is 0.312. The van der Waals surface area contributed by atoms with Crippen molar-refractivity contribution >= 4 is 23.6 Å². The summed E-state index contributed by atoms with van der Waals surface area (Å²) in [5.74, 6) is -4.55. The third kappa shape index (κ3) is 8.64. The molecule has 0 unspecified atom stereocenters. The minimum Gasteiger partial charge on any atom is -0.350 e. The molecular formula is C32H31F5N4O4. The molecule has 0 spiro atoms. The van der Waals surface area contributed by atoms with Gasteiger partial charge in [-0.25, -0.2) is 8.78 Å². The van der Waals surface area contributed by atoms with Crippen LogP contribution in [0, 0.1) is 11.6 Å². The molecule has 3 N–H and O–H groups in total. The topological polar surface area (TPSA) is 108 Å². The van der Waals surface area contributed by atoms with Gasteiger partial charge in [-0.1, -0.05) is 36.4 Å². The molecule has 13 heteroatoms. The van der Waals surface area contributed by atoms with Crippen LogP contribution in [0.25, 0.3) is 0 Å². The number of likely N-dealkylation sites (N-methyl/N-ethyl adjacent to an activating group) is 1. The summed E-state index contributed by atoms with van der Waals surface area (Å²) in [7, 11) is 1.29. The Morgan fingerprint density at radius 1 is 0.800 bits per heavy atom. The van der Waals surface area contributed by atoms with Crippen LogP contribution in [0.2, 0.25) is 0 Å². The van der Waals surface area contributed by atoms with E-state index in [1.807, 2.05) is 0 Å². The Morgan fingerprint density at radius 2 is 1.42 bits per heavy atom. The van der Waals surface area contributed by atoms with E-state index in [2.05, 4.69) is 16.0 Å². The number of carbonyl (C=O) groups is 4. The lowest BCUT2D eigenvalue weighted by Gasteiger charge is -2.31. The highest BCUT2D eigenvalue weighted by molar-refractivity contribution is 5.94. The summed E-state index contributed by atoms with van der Waals surface area (Å²) in [6.07, 6.45) is -5.26. The molecule has 238 valence electrons. The summed E-state index contributed by atoms with van der Waals surface area (Å²) in [5, 5.41) is 7.84. The fourth-order valence-corrected chi connectivity index (χ4v) is 5.05. The van der Waals surface area contributed by atoms with Gasteiger partial charge < -0.3 is 20.9 Å². The summed E-state index contributed by atoms with van der Waals surface area (Å²) < 4.78 is 67.5. The Kier molecular flexibility index (Phi) is 10.2. The van der Waals surface area contributed by atoms with Crippen LogP contribution in [-0.4, -0.2) is 53.7 Å². The van der Waals surface area contributed by atoms with Crippen molar-refractivity contribution in [2.75, 3.05) is 7.05 Å². The Balaban J connectivity index is 1.73. The highest BCUT2D eigenvalue weighted by Gasteiger charge is 2.35. The second kappa shape index (κ2) is 13.9. The fourth-order valence-electron chi connectivity index (χ4n) is 5.05. The lowest BCUT2D eigenvalue weighted by atomic mass is 9.99. The van der Waals surface area contributed by atoms with Gasteiger partial charge in [0, 0.05) is 32.5 Å². The van der Waals surface area contributed by atoms with Crippen molar-refractivity contribution in [1.82, 2.24) is 20.9 Å². The molecule has 0 bridgehead atoms. The number of nitrogens with one attached hydrogen (secondary N) is 3. The molecule has 3 aromatic rings. The van der Waals surface area contributed by atoms with Crippen LogP contribution in [0.5, 0.6) is 0 Å². The van der Waals surface area contributed by atoms with E-state index in [-0.39, 0.29) is 31.4 Å². The molecule has 3 atom stereocenters. The van der Waals surface area contributed by atoms with E-state index in [4.69, 9.17) is 0 Å². The quantitative estimate of drug-likeness (QED) is 0.384. The van der Waals surface area contributed by atoms with Gasteiger partial charge in [0.05, 0.1) is 12.0 Å². The van der Waals surface area contributed by atoms with E-state index in [1.165, 1.54) is 26.1 Å². The van der Waals surface area contributed by atoms with Crippen LogP contribution in [0.4, 0.5) is 22.0 Å². The number of halogens is 5. The van der Waals surface area contributed by atoms with Gasteiger partial charge in [0.15, 0.2) is 0 Å². The SMILES string of the molecule is C[C@H]1NC(=O)Cc2ccccc2CNC(=O)[C@@H](Cc2ccc(C(F)(F)F)cc2)N(C)C(=O)[C@H](Cc2cc(F)cc(F)c2)NC1=O. The van der Waals surface area contributed by atoms with Gasteiger partial charge in [0.25, 0.3) is 0 Å². The summed E-state index contributed by atoms with van der Waals surface area (Å²) in [5.41, 5.74) is 0.639. The average molecular weight is 631 g/mol. The third-order valence-electron chi connectivity index (χ3n) is 7.50. The number of nitrogens with zero attached hydrogens (tertiary/aromatic N) is 1. The first-order valence-electron chi connectivity index (χ1n) is 14.0. The summed E-state index contributed by atoms with van der Waals surface area (Å²) in [4.78, 5) is 54.6. The monoisotopic (exact) mass is 630 g/mol. The molecule has 1 aliphatic rings. The number of benzene rings is 3. The minimum atomic E-state index is -4.58. The summed E-state index contributed by atoms with van der Waals surface area (Å²) in [6, 6.07) is 9.75. The molecule has 0 saturated carbocycles. The van der Waals surface area contributed by atoms with Crippen LogP contribution >= 0.6 is 0 Å². The predicted molar refractivity (Wildman–Crippen MR) is 153 cm³/mol. The number of fused-ring (bicyclic) bond motifs is 1. The van der Waals surface area contributed by atoms with Crippen molar-refractivity contribution < 1.29 is 41.1 Å². The van der Waals surface area contributed by atoms with Crippen LogP contribution < -0.4 is 16.0 Å². The molecule has 1 aliphatic heterocycles. The van der Waals surface area contributed by atoms with Gasteiger partial charge in [-0.3, -0.25) is 19.2 Å². The molecule has 0 aliphatic carbocycles. The number of rotatable bonds is 4. The molecule has 0 aromatic heterocycles. The lowest BCUT2D eigenvalue weighted by Crippen LogP contribution is -2.57.